The summed E-state index contributed by atoms with van der Waals surface area (Å²) in [6.45, 7) is 0.524. The van der Waals surface area contributed by atoms with Gasteiger partial charge in [-0.3, -0.25) is 0 Å². The van der Waals surface area contributed by atoms with E-state index in [2.05, 4.69) is 0 Å². The molecule has 2 N–H and O–H groups in total. The van der Waals surface area contributed by atoms with Gasteiger partial charge >= 0.3 is 0 Å². The summed E-state index contributed by atoms with van der Waals surface area (Å²) < 4.78 is 10.3. The molecule has 1 aliphatic carbocycles. The third-order valence-corrected chi connectivity index (χ3v) is 2.87. The molecule has 0 radical (unpaired) electrons. The van der Waals surface area contributed by atoms with Gasteiger partial charge in [-0.25, -0.2) is 0 Å². The Morgan fingerprint density at radius 3 is 2.46 bits per heavy atom. The van der Waals surface area contributed by atoms with E-state index in [4.69, 9.17) is 14.6 Å². The molecule has 0 amide bonds. The third kappa shape index (κ3) is 2.20. The lowest BCUT2D eigenvalue weighted by atomic mass is 9.95. The van der Waals surface area contributed by atoms with Crippen LogP contribution in [0.2, 0.25) is 0 Å². The highest BCUT2D eigenvalue weighted by Crippen LogP contribution is 2.34. The number of aliphatic hydroxyl groups excluding tert-OH is 2. The average molecular weight is 190 g/mol. The van der Waals surface area contributed by atoms with Gasteiger partial charge in [0.1, 0.15) is 0 Å². The van der Waals surface area contributed by atoms with Crippen molar-refractivity contribution >= 4 is 0 Å². The van der Waals surface area contributed by atoms with E-state index in [0.29, 0.717) is 13.0 Å². The van der Waals surface area contributed by atoms with Gasteiger partial charge in [0.2, 0.25) is 0 Å². The van der Waals surface area contributed by atoms with Crippen LogP contribution in [0.1, 0.15) is 6.42 Å². The van der Waals surface area contributed by atoms with E-state index in [1.807, 2.05) is 0 Å². The van der Waals surface area contributed by atoms with Gasteiger partial charge in [-0.2, -0.15) is 0 Å². The number of hydrogen-bond acceptors (Lipinski definition) is 4. The van der Waals surface area contributed by atoms with Crippen LogP contribution in [0, 0.1) is 11.8 Å². The SMILES string of the molecule is COC[C@H]1[C@H](CO)[C@H](O)C[C@@H]1OC. The summed E-state index contributed by atoms with van der Waals surface area (Å²) >= 11 is 0. The molecular formula is C9H18O4. The van der Waals surface area contributed by atoms with E-state index >= 15 is 0 Å². The number of hydrogen-bond donors (Lipinski definition) is 2. The largest absolute Gasteiger partial charge is 0.396 e. The first kappa shape index (κ1) is 10.9. The van der Waals surface area contributed by atoms with Gasteiger partial charge in [0, 0.05) is 39.1 Å². The van der Waals surface area contributed by atoms with Gasteiger partial charge < -0.3 is 19.7 Å². The lowest BCUT2D eigenvalue weighted by molar-refractivity contribution is 0.00583. The van der Waals surface area contributed by atoms with Gasteiger partial charge in [0.05, 0.1) is 18.8 Å². The van der Waals surface area contributed by atoms with Gasteiger partial charge in [0.15, 0.2) is 0 Å². The molecule has 4 heteroatoms. The number of methoxy groups -OCH3 is 2. The highest BCUT2D eigenvalue weighted by Gasteiger charge is 2.42. The first-order chi connectivity index (χ1) is 6.24. The summed E-state index contributed by atoms with van der Waals surface area (Å²) in [6.07, 6.45) is 0.137. The van der Waals surface area contributed by atoms with E-state index in [9.17, 15) is 5.11 Å². The van der Waals surface area contributed by atoms with Crippen molar-refractivity contribution in [3.63, 3.8) is 0 Å². The summed E-state index contributed by atoms with van der Waals surface area (Å²) in [5.41, 5.74) is 0. The van der Waals surface area contributed by atoms with E-state index < -0.39 is 6.10 Å². The maximum absolute atomic E-state index is 9.59. The molecule has 0 aromatic rings. The predicted octanol–water partition coefficient (Wildman–Crippen LogP) is -0.363. The van der Waals surface area contributed by atoms with Crippen LogP contribution in [-0.4, -0.2) is 49.9 Å². The Kier molecular flexibility index (Phi) is 4.12. The van der Waals surface area contributed by atoms with E-state index in [-0.39, 0.29) is 24.5 Å². The molecule has 1 saturated carbocycles. The van der Waals surface area contributed by atoms with Gasteiger partial charge in [0.25, 0.3) is 0 Å². The minimum Gasteiger partial charge on any atom is -0.396 e. The van der Waals surface area contributed by atoms with Crippen LogP contribution in [0.5, 0.6) is 0 Å². The topological polar surface area (TPSA) is 58.9 Å². The normalized spacial score (nSPS) is 39.7. The monoisotopic (exact) mass is 190 g/mol. The second kappa shape index (κ2) is 4.91. The second-order valence-corrected chi connectivity index (χ2v) is 3.54. The lowest BCUT2D eigenvalue weighted by Gasteiger charge is -2.22. The molecule has 4 nitrogen and oxygen atoms in total. The molecule has 0 aromatic heterocycles. The van der Waals surface area contributed by atoms with Crippen molar-refractivity contribution in [2.75, 3.05) is 27.4 Å². The summed E-state index contributed by atoms with van der Waals surface area (Å²) in [6, 6.07) is 0. The van der Waals surface area contributed by atoms with Crippen LogP contribution in [0.3, 0.4) is 0 Å². The quantitative estimate of drug-likeness (QED) is 0.635. The Labute approximate surface area is 78.5 Å². The molecule has 0 heterocycles. The Morgan fingerprint density at radius 1 is 1.31 bits per heavy atom. The maximum atomic E-state index is 9.59. The average Bonchev–Trinajstić information content (AvgIpc) is 2.43. The van der Waals surface area contributed by atoms with E-state index in [0.717, 1.165) is 0 Å². The van der Waals surface area contributed by atoms with Crippen molar-refractivity contribution in [2.24, 2.45) is 11.8 Å². The summed E-state index contributed by atoms with van der Waals surface area (Å²) in [5, 5.41) is 18.7. The Morgan fingerprint density at radius 2 is 2.00 bits per heavy atom. The first-order valence-electron chi connectivity index (χ1n) is 4.55. The summed E-state index contributed by atoms with van der Waals surface area (Å²) in [7, 11) is 3.24. The van der Waals surface area contributed by atoms with Gasteiger partial charge in [-0.05, 0) is 0 Å². The molecule has 1 rings (SSSR count). The highest BCUT2D eigenvalue weighted by atomic mass is 16.5. The van der Waals surface area contributed by atoms with Crippen molar-refractivity contribution in [3.05, 3.63) is 0 Å². The summed E-state index contributed by atoms with van der Waals surface area (Å²) in [4.78, 5) is 0. The highest BCUT2D eigenvalue weighted by molar-refractivity contribution is 4.91. The fourth-order valence-electron chi connectivity index (χ4n) is 2.10. The van der Waals surface area contributed by atoms with Crippen LogP contribution in [-0.2, 0) is 9.47 Å². The van der Waals surface area contributed by atoms with Crippen molar-refractivity contribution in [3.8, 4) is 0 Å². The zero-order valence-corrected chi connectivity index (χ0v) is 8.14. The first-order valence-corrected chi connectivity index (χ1v) is 4.55. The molecule has 0 spiro atoms. The Balaban J connectivity index is 2.60. The molecule has 0 aliphatic heterocycles. The smallest absolute Gasteiger partial charge is 0.0650 e. The van der Waals surface area contributed by atoms with Crippen LogP contribution >= 0.6 is 0 Å². The molecule has 1 aliphatic rings. The Hall–Kier alpha value is -0.160. The fraction of sp³-hybridized carbons (Fsp3) is 1.00. The molecular weight excluding hydrogens is 172 g/mol. The number of aliphatic hydroxyl groups is 2. The van der Waals surface area contributed by atoms with Crippen molar-refractivity contribution in [1.29, 1.82) is 0 Å². The van der Waals surface area contributed by atoms with Crippen LogP contribution in [0.15, 0.2) is 0 Å². The van der Waals surface area contributed by atoms with Crippen molar-refractivity contribution in [2.45, 2.75) is 18.6 Å². The molecule has 1 fully saturated rings. The van der Waals surface area contributed by atoms with E-state index in [1.165, 1.54) is 0 Å². The molecule has 4 atom stereocenters. The van der Waals surface area contributed by atoms with Crippen molar-refractivity contribution in [1.82, 2.24) is 0 Å². The number of rotatable bonds is 4. The zero-order chi connectivity index (χ0) is 9.84. The van der Waals surface area contributed by atoms with E-state index in [1.54, 1.807) is 14.2 Å². The zero-order valence-electron chi connectivity index (χ0n) is 8.14. The predicted molar refractivity (Wildman–Crippen MR) is 47.4 cm³/mol. The van der Waals surface area contributed by atoms with Crippen molar-refractivity contribution < 1.29 is 19.7 Å². The van der Waals surface area contributed by atoms with Gasteiger partial charge in [-0.15, -0.1) is 0 Å². The Bertz CT molecular complexity index is 151. The standard InChI is InChI=1S/C9H18O4/c1-12-5-7-6(4-10)8(11)3-9(7)13-2/h6-11H,3-5H2,1-2H3/t6-,7-,8+,9-/m0/s1. The molecule has 13 heavy (non-hydrogen) atoms. The van der Waals surface area contributed by atoms with Crippen LogP contribution in [0.4, 0.5) is 0 Å². The van der Waals surface area contributed by atoms with Gasteiger partial charge in [-0.1, -0.05) is 0 Å². The molecule has 0 bridgehead atoms. The second-order valence-electron chi connectivity index (χ2n) is 3.54. The minimum atomic E-state index is -0.463. The van der Waals surface area contributed by atoms with Crippen LogP contribution in [0.25, 0.3) is 0 Å². The molecule has 0 saturated heterocycles. The fourth-order valence-corrected chi connectivity index (χ4v) is 2.10. The number of ether oxygens (including phenoxy) is 2. The maximum Gasteiger partial charge on any atom is 0.0650 e. The lowest BCUT2D eigenvalue weighted by Crippen LogP contribution is -2.29. The molecule has 78 valence electrons. The van der Waals surface area contributed by atoms with Crippen LogP contribution < -0.4 is 0 Å². The molecule has 0 aromatic carbocycles. The molecule has 0 unspecified atom stereocenters. The minimum absolute atomic E-state index is 0.00491. The summed E-state index contributed by atoms with van der Waals surface area (Å²) in [5.74, 6) is -0.0000926. The third-order valence-electron chi connectivity index (χ3n) is 2.87.